The van der Waals surface area contributed by atoms with Gasteiger partial charge in [0.05, 0.1) is 5.69 Å². The Morgan fingerprint density at radius 3 is 2.50 bits per heavy atom. The van der Waals surface area contributed by atoms with Crippen molar-refractivity contribution < 1.29 is 13.2 Å². The second-order valence-corrected chi connectivity index (χ2v) is 3.96. The first-order chi connectivity index (χ1) is 6.88. The fraction of sp³-hybridized carbons (Fsp3) is 0.444. The standard InChI is InChI=1S/C9H10BrF3N2.ClH/c10-8-3-1-2-7(15-8)6(14)4-5-9(11,12)13;/h1-3,6H,4-5,14H2;1H/t6-;/m0./s1. The summed E-state index contributed by atoms with van der Waals surface area (Å²) in [4.78, 5) is 4.00. The smallest absolute Gasteiger partial charge is 0.323 e. The predicted molar refractivity (Wildman–Crippen MR) is 61.4 cm³/mol. The molecule has 1 atom stereocenters. The molecule has 0 aliphatic carbocycles. The van der Waals surface area contributed by atoms with E-state index >= 15 is 0 Å². The number of alkyl halides is 3. The van der Waals surface area contributed by atoms with Crippen LogP contribution >= 0.6 is 28.3 Å². The molecule has 16 heavy (non-hydrogen) atoms. The van der Waals surface area contributed by atoms with Crippen LogP contribution in [0.2, 0.25) is 0 Å². The number of aromatic nitrogens is 1. The van der Waals surface area contributed by atoms with Crippen LogP contribution in [0.5, 0.6) is 0 Å². The summed E-state index contributed by atoms with van der Waals surface area (Å²) in [5, 5.41) is 0. The summed E-state index contributed by atoms with van der Waals surface area (Å²) in [7, 11) is 0. The quantitative estimate of drug-likeness (QED) is 0.865. The summed E-state index contributed by atoms with van der Waals surface area (Å²) in [6.07, 6.45) is -5.20. The Morgan fingerprint density at radius 2 is 2.00 bits per heavy atom. The number of nitrogens with two attached hydrogens (primary N) is 1. The first kappa shape index (κ1) is 15.7. The van der Waals surface area contributed by atoms with E-state index in [-0.39, 0.29) is 18.8 Å². The van der Waals surface area contributed by atoms with Crippen LogP contribution in [0.1, 0.15) is 24.6 Å². The van der Waals surface area contributed by atoms with Gasteiger partial charge in [-0.15, -0.1) is 12.4 Å². The van der Waals surface area contributed by atoms with Crippen molar-refractivity contribution in [3.05, 3.63) is 28.5 Å². The summed E-state index contributed by atoms with van der Waals surface area (Å²) in [5.41, 5.74) is 6.05. The Hall–Kier alpha value is -0.330. The highest BCUT2D eigenvalue weighted by atomic mass is 79.9. The SMILES string of the molecule is Cl.N[C@@H](CCC(F)(F)F)c1cccc(Br)n1. The Bertz CT molecular complexity index is 333. The molecule has 0 fully saturated rings. The fourth-order valence-electron chi connectivity index (χ4n) is 1.10. The highest BCUT2D eigenvalue weighted by molar-refractivity contribution is 9.10. The molecule has 7 heteroatoms. The van der Waals surface area contributed by atoms with Gasteiger partial charge >= 0.3 is 6.18 Å². The van der Waals surface area contributed by atoms with E-state index in [1.807, 2.05) is 0 Å². The van der Waals surface area contributed by atoms with Crippen molar-refractivity contribution in [2.75, 3.05) is 0 Å². The van der Waals surface area contributed by atoms with Crippen molar-refractivity contribution in [2.24, 2.45) is 5.73 Å². The second kappa shape index (κ2) is 6.42. The molecule has 0 spiro atoms. The maximum atomic E-state index is 11.9. The molecule has 1 rings (SSSR count). The molecule has 0 aliphatic rings. The lowest BCUT2D eigenvalue weighted by atomic mass is 10.1. The van der Waals surface area contributed by atoms with Crippen molar-refractivity contribution in [3.8, 4) is 0 Å². The predicted octanol–water partition coefficient (Wildman–Crippen LogP) is 3.61. The molecule has 0 unspecified atom stereocenters. The molecule has 1 aromatic heterocycles. The molecular weight excluding hydrogens is 308 g/mol. The highest BCUT2D eigenvalue weighted by Crippen LogP contribution is 2.25. The normalized spacial score (nSPS) is 13.1. The van der Waals surface area contributed by atoms with Gasteiger partial charge in [0.2, 0.25) is 0 Å². The van der Waals surface area contributed by atoms with Gasteiger partial charge in [0.25, 0.3) is 0 Å². The second-order valence-electron chi connectivity index (χ2n) is 3.15. The zero-order chi connectivity index (χ0) is 11.5. The zero-order valence-electron chi connectivity index (χ0n) is 8.17. The van der Waals surface area contributed by atoms with Crippen LogP contribution in [0.15, 0.2) is 22.8 Å². The van der Waals surface area contributed by atoms with Gasteiger partial charge < -0.3 is 5.73 Å². The number of pyridine rings is 1. The third-order valence-corrected chi connectivity index (χ3v) is 2.30. The van der Waals surface area contributed by atoms with Crippen LogP contribution < -0.4 is 5.73 Å². The zero-order valence-corrected chi connectivity index (χ0v) is 10.6. The molecule has 92 valence electrons. The molecule has 1 heterocycles. The van der Waals surface area contributed by atoms with Crippen molar-refractivity contribution in [1.82, 2.24) is 4.98 Å². The van der Waals surface area contributed by atoms with E-state index in [0.29, 0.717) is 10.3 Å². The monoisotopic (exact) mass is 318 g/mol. The lowest BCUT2D eigenvalue weighted by Crippen LogP contribution is -2.16. The summed E-state index contributed by atoms with van der Waals surface area (Å²) in [5.74, 6) is 0. The third-order valence-electron chi connectivity index (χ3n) is 1.86. The Labute approximate surface area is 106 Å². The van der Waals surface area contributed by atoms with E-state index in [0.717, 1.165) is 0 Å². The molecule has 0 saturated carbocycles. The topological polar surface area (TPSA) is 38.9 Å². The average molecular weight is 320 g/mol. The van der Waals surface area contributed by atoms with Crippen LogP contribution in [-0.2, 0) is 0 Å². The number of rotatable bonds is 3. The highest BCUT2D eigenvalue weighted by Gasteiger charge is 2.28. The molecular formula is C9H11BrClF3N2. The largest absolute Gasteiger partial charge is 0.389 e. The molecule has 2 N–H and O–H groups in total. The van der Waals surface area contributed by atoms with Gasteiger partial charge in [-0.3, -0.25) is 0 Å². The van der Waals surface area contributed by atoms with E-state index in [4.69, 9.17) is 5.73 Å². The summed E-state index contributed by atoms with van der Waals surface area (Å²) in [6.45, 7) is 0. The van der Waals surface area contributed by atoms with E-state index in [1.54, 1.807) is 18.2 Å². The minimum atomic E-state index is -4.16. The van der Waals surface area contributed by atoms with Crippen molar-refractivity contribution in [2.45, 2.75) is 25.1 Å². The fourth-order valence-corrected chi connectivity index (χ4v) is 1.45. The summed E-state index contributed by atoms with van der Waals surface area (Å²) >= 11 is 3.13. The lowest BCUT2D eigenvalue weighted by molar-refractivity contribution is -0.136. The first-order valence-corrected chi connectivity index (χ1v) is 5.12. The molecule has 0 amide bonds. The minimum Gasteiger partial charge on any atom is -0.323 e. The maximum Gasteiger partial charge on any atom is 0.389 e. The average Bonchev–Trinajstić information content (AvgIpc) is 2.13. The van der Waals surface area contributed by atoms with Crippen LogP contribution in [0.4, 0.5) is 13.2 Å². The van der Waals surface area contributed by atoms with E-state index < -0.39 is 18.6 Å². The van der Waals surface area contributed by atoms with Crippen molar-refractivity contribution in [3.63, 3.8) is 0 Å². The van der Waals surface area contributed by atoms with Crippen LogP contribution in [0, 0.1) is 0 Å². The lowest BCUT2D eigenvalue weighted by Gasteiger charge is -2.12. The molecule has 0 aliphatic heterocycles. The molecule has 1 aromatic rings. The van der Waals surface area contributed by atoms with Gasteiger partial charge in [0.15, 0.2) is 0 Å². The molecule has 0 radical (unpaired) electrons. The van der Waals surface area contributed by atoms with Crippen LogP contribution in [0.3, 0.4) is 0 Å². The Morgan fingerprint density at radius 1 is 1.38 bits per heavy atom. The minimum absolute atomic E-state index is 0. The van der Waals surface area contributed by atoms with Crippen LogP contribution in [0.25, 0.3) is 0 Å². The van der Waals surface area contributed by atoms with Crippen LogP contribution in [-0.4, -0.2) is 11.2 Å². The third kappa shape index (κ3) is 5.67. The first-order valence-electron chi connectivity index (χ1n) is 4.33. The van der Waals surface area contributed by atoms with E-state index in [1.165, 1.54) is 0 Å². The summed E-state index contributed by atoms with van der Waals surface area (Å²) in [6, 6.07) is 4.33. The Balaban J connectivity index is 0.00000225. The van der Waals surface area contributed by atoms with Gasteiger partial charge in [-0.25, -0.2) is 4.98 Å². The molecule has 2 nitrogen and oxygen atoms in total. The van der Waals surface area contributed by atoms with E-state index in [2.05, 4.69) is 20.9 Å². The van der Waals surface area contributed by atoms with Gasteiger partial charge in [0.1, 0.15) is 4.60 Å². The number of hydrogen-bond acceptors (Lipinski definition) is 2. The van der Waals surface area contributed by atoms with Gasteiger partial charge in [-0.1, -0.05) is 6.07 Å². The van der Waals surface area contributed by atoms with Crippen molar-refractivity contribution >= 4 is 28.3 Å². The van der Waals surface area contributed by atoms with E-state index in [9.17, 15) is 13.2 Å². The number of hydrogen-bond donors (Lipinski definition) is 1. The number of halogens is 5. The molecule has 0 bridgehead atoms. The van der Waals surface area contributed by atoms with Crippen molar-refractivity contribution in [1.29, 1.82) is 0 Å². The Kier molecular flexibility index (Phi) is 6.28. The maximum absolute atomic E-state index is 11.9. The van der Waals surface area contributed by atoms with Gasteiger partial charge in [-0.2, -0.15) is 13.2 Å². The van der Waals surface area contributed by atoms with Gasteiger partial charge in [-0.05, 0) is 34.5 Å². The molecule has 0 aromatic carbocycles. The summed E-state index contributed by atoms with van der Waals surface area (Å²) < 4.78 is 36.3. The van der Waals surface area contributed by atoms with Gasteiger partial charge in [0, 0.05) is 12.5 Å². The number of nitrogens with zero attached hydrogens (tertiary/aromatic N) is 1. The molecule has 0 saturated heterocycles.